The van der Waals surface area contributed by atoms with Crippen LogP contribution in [0.3, 0.4) is 0 Å². The molecule has 0 N–H and O–H groups in total. The molecule has 0 saturated heterocycles. The van der Waals surface area contributed by atoms with Gasteiger partial charge in [-0.25, -0.2) is 0 Å². The van der Waals surface area contributed by atoms with Crippen LogP contribution < -0.4 is 0 Å². The first-order valence-electron chi connectivity index (χ1n) is 4.37. The Balaban J connectivity index is 4.04. The molecule has 0 aromatic rings. The summed E-state index contributed by atoms with van der Waals surface area (Å²) in [7, 11) is 4.00. The Kier molecular flexibility index (Phi) is 7.07. The second-order valence-electron chi connectivity index (χ2n) is 3.14. The predicted octanol–water partition coefficient (Wildman–Crippen LogP) is 0.371. The summed E-state index contributed by atoms with van der Waals surface area (Å²) in [6, 6.07) is 0. The molecule has 0 aromatic heterocycles. The topological polar surface area (TPSA) is 27.7 Å². The fourth-order valence-corrected chi connectivity index (χ4v) is 1.70. The Bertz CT molecular complexity index is 129. The SMILES string of the molecule is COC(CCC(C)S)(CO[SiH3])OC. The number of hydrogen-bond acceptors (Lipinski definition) is 4. The van der Waals surface area contributed by atoms with Gasteiger partial charge in [-0.3, -0.25) is 0 Å². The summed E-state index contributed by atoms with van der Waals surface area (Å²) in [5.41, 5.74) is 0. The summed E-state index contributed by atoms with van der Waals surface area (Å²) >= 11 is 4.31. The van der Waals surface area contributed by atoms with Crippen molar-refractivity contribution >= 4 is 23.1 Å². The van der Waals surface area contributed by atoms with E-state index in [9.17, 15) is 0 Å². The van der Waals surface area contributed by atoms with Gasteiger partial charge in [0.25, 0.3) is 0 Å². The molecule has 0 rings (SSSR count). The number of rotatable bonds is 7. The van der Waals surface area contributed by atoms with E-state index in [1.54, 1.807) is 14.2 Å². The van der Waals surface area contributed by atoms with E-state index in [0.717, 1.165) is 12.8 Å². The van der Waals surface area contributed by atoms with Gasteiger partial charge in [0.1, 0.15) is 10.5 Å². The largest absolute Gasteiger partial charge is 0.422 e. The van der Waals surface area contributed by atoms with Crippen LogP contribution >= 0.6 is 12.6 Å². The Hall–Kier alpha value is 0.447. The van der Waals surface area contributed by atoms with Crippen molar-refractivity contribution < 1.29 is 13.9 Å². The summed E-state index contributed by atoms with van der Waals surface area (Å²) in [6.45, 7) is 2.56. The van der Waals surface area contributed by atoms with Crippen molar-refractivity contribution in [1.82, 2.24) is 0 Å². The van der Waals surface area contributed by atoms with Crippen LogP contribution in [0.15, 0.2) is 0 Å². The van der Waals surface area contributed by atoms with E-state index >= 15 is 0 Å². The zero-order chi connectivity index (χ0) is 10.3. The first-order chi connectivity index (χ1) is 6.10. The van der Waals surface area contributed by atoms with Crippen molar-refractivity contribution in [2.45, 2.75) is 30.8 Å². The molecular weight excluding hydrogens is 204 g/mol. The molecule has 0 aromatic carbocycles. The van der Waals surface area contributed by atoms with Gasteiger partial charge in [-0.2, -0.15) is 12.6 Å². The molecule has 1 unspecified atom stereocenters. The van der Waals surface area contributed by atoms with Gasteiger partial charge < -0.3 is 13.9 Å². The van der Waals surface area contributed by atoms with Crippen molar-refractivity contribution in [2.24, 2.45) is 0 Å². The maximum atomic E-state index is 5.32. The van der Waals surface area contributed by atoms with Gasteiger partial charge in [0.15, 0.2) is 5.79 Å². The predicted molar refractivity (Wildman–Crippen MR) is 60.3 cm³/mol. The third-order valence-corrected chi connectivity index (χ3v) is 2.60. The quantitative estimate of drug-likeness (QED) is 0.385. The van der Waals surface area contributed by atoms with Gasteiger partial charge in [-0.05, 0) is 11.7 Å². The number of ether oxygens (including phenoxy) is 2. The van der Waals surface area contributed by atoms with E-state index in [-0.39, 0.29) is 0 Å². The fourth-order valence-electron chi connectivity index (χ4n) is 1.13. The highest BCUT2D eigenvalue weighted by Gasteiger charge is 2.29. The molecule has 0 aliphatic rings. The zero-order valence-electron chi connectivity index (χ0n) is 8.87. The highest BCUT2D eigenvalue weighted by atomic mass is 32.1. The first-order valence-corrected chi connectivity index (χ1v) is 5.71. The van der Waals surface area contributed by atoms with Crippen LogP contribution in [0.2, 0.25) is 0 Å². The lowest BCUT2D eigenvalue weighted by Gasteiger charge is -2.30. The Morgan fingerprint density at radius 3 is 2.23 bits per heavy atom. The summed E-state index contributed by atoms with van der Waals surface area (Å²) in [5.74, 6) is -0.571. The van der Waals surface area contributed by atoms with E-state index < -0.39 is 5.79 Å². The summed E-state index contributed by atoms with van der Waals surface area (Å²) in [5, 5.41) is 0.360. The molecule has 1 atom stereocenters. The highest BCUT2D eigenvalue weighted by molar-refractivity contribution is 7.80. The molecule has 0 amide bonds. The monoisotopic (exact) mass is 224 g/mol. The van der Waals surface area contributed by atoms with Crippen LogP contribution in [0.5, 0.6) is 0 Å². The highest BCUT2D eigenvalue weighted by Crippen LogP contribution is 2.21. The minimum Gasteiger partial charge on any atom is -0.422 e. The molecule has 3 nitrogen and oxygen atoms in total. The van der Waals surface area contributed by atoms with Gasteiger partial charge in [0.05, 0.1) is 6.61 Å². The van der Waals surface area contributed by atoms with E-state index in [2.05, 4.69) is 19.6 Å². The lowest BCUT2D eigenvalue weighted by Crippen LogP contribution is -2.39. The first kappa shape index (κ1) is 13.4. The minimum atomic E-state index is -0.571. The Morgan fingerprint density at radius 2 is 1.92 bits per heavy atom. The maximum Gasteiger partial charge on any atom is 0.189 e. The van der Waals surface area contributed by atoms with Crippen LogP contribution in [-0.4, -0.2) is 42.3 Å². The van der Waals surface area contributed by atoms with Crippen molar-refractivity contribution in [2.75, 3.05) is 20.8 Å². The molecule has 0 bridgehead atoms. The number of hydrogen-bond donors (Lipinski definition) is 1. The van der Waals surface area contributed by atoms with Gasteiger partial charge >= 0.3 is 0 Å². The van der Waals surface area contributed by atoms with Crippen molar-refractivity contribution in [3.8, 4) is 0 Å². The van der Waals surface area contributed by atoms with Crippen molar-refractivity contribution in [3.05, 3.63) is 0 Å². The van der Waals surface area contributed by atoms with Crippen LogP contribution in [0.4, 0.5) is 0 Å². The van der Waals surface area contributed by atoms with Crippen LogP contribution in [0.1, 0.15) is 19.8 Å². The van der Waals surface area contributed by atoms with Crippen LogP contribution in [0, 0.1) is 0 Å². The van der Waals surface area contributed by atoms with Crippen molar-refractivity contribution in [3.63, 3.8) is 0 Å². The molecule has 0 spiro atoms. The van der Waals surface area contributed by atoms with E-state index in [0.29, 0.717) is 22.3 Å². The summed E-state index contributed by atoms with van der Waals surface area (Å²) in [4.78, 5) is 0. The molecule has 13 heavy (non-hydrogen) atoms. The number of methoxy groups -OCH3 is 2. The summed E-state index contributed by atoms with van der Waals surface area (Å²) in [6.07, 6.45) is 1.77. The molecule has 0 fully saturated rings. The standard InChI is InChI=1S/C8H20O3SSi/c1-7(12)4-5-8(9-2,10-3)6-11-13/h7,12H,4-6H2,1-3,13H3. The smallest absolute Gasteiger partial charge is 0.189 e. The Labute approximate surface area is 89.1 Å². The van der Waals surface area contributed by atoms with Gasteiger partial charge in [0.2, 0.25) is 0 Å². The van der Waals surface area contributed by atoms with Crippen LogP contribution in [0.25, 0.3) is 0 Å². The summed E-state index contributed by atoms with van der Waals surface area (Å²) < 4.78 is 15.8. The average molecular weight is 224 g/mol. The van der Waals surface area contributed by atoms with Gasteiger partial charge in [-0.15, -0.1) is 0 Å². The number of thiol groups is 1. The third kappa shape index (κ3) is 5.02. The molecular formula is C8H20O3SSi. The van der Waals surface area contributed by atoms with E-state index in [4.69, 9.17) is 13.9 Å². The lowest BCUT2D eigenvalue weighted by molar-refractivity contribution is -0.226. The van der Waals surface area contributed by atoms with Gasteiger partial charge in [-0.1, -0.05) is 6.92 Å². The molecule has 80 valence electrons. The second-order valence-corrected chi connectivity index (χ2v) is 4.60. The minimum absolute atomic E-state index is 0.360. The Morgan fingerprint density at radius 1 is 1.38 bits per heavy atom. The zero-order valence-corrected chi connectivity index (χ0v) is 11.8. The molecule has 0 radical (unpaired) electrons. The lowest BCUT2D eigenvalue weighted by atomic mass is 10.1. The molecule has 0 saturated carbocycles. The van der Waals surface area contributed by atoms with Crippen molar-refractivity contribution in [1.29, 1.82) is 0 Å². The molecule has 0 aliphatic heterocycles. The van der Waals surface area contributed by atoms with Gasteiger partial charge in [0, 0.05) is 20.6 Å². The van der Waals surface area contributed by atoms with Crippen LogP contribution in [-0.2, 0) is 13.9 Å². The van der Waals surface area contributed by atoms with E-state index in [1.807, 2.05) is 0 Å². The average Bonchev–Trinajstić information content (AvgIpc) is 2.12. The van der Waals surface area contributed by atoms with E-state index in [1.165, 1.54) is 0 Å². The second kappa shape index (κ2) is 6.84. The molecule has 5 heteroatoms. The molecule has 0 aliphatic carbocycles. The normalized spacial score (nSPS) is 14.8. The maximum absolute atomic E-state index is 5.32. The third-order valence-electron chi connectivity index (χ3n) is 2.05. The fraction of sp³-hybridized carbons (Fsp3) is 1.00. The molecule has 0 heterocycles.